The predicted molar refractivity (Wildman–Crippen MR) is 88.1 cm³/mol. The third-order valence-electron chi connectivity index (χ3n) is 3.73. The number of aromatic nitrogens is 2. The van der Waals surface area contributed by atoms with Crippen molar-refractivity contribution in [2.75, 3.05) is 7.11 Å². The van der Waals surface area contributed by atoms with Crippen molar-refractivity contribution in [3.05, 3.63) is 58.2 Å². The molecule has 7 heteroatoms. The van der Waals surface area contributed by atoms with Crippen LogP contribution >= 0.6 is 0 Å². The van der Waals surface area contributed by atoms with Crippen molar-refractivity contribution in [1.82, 2.24) is 15.1 Å². The number of nitrogens with one attached hydrogen (secondary N) is 1. The van der Waals surface area contributed by atoms with E-state index in [4.69, 9.17) is 9.15 Å². The van der Waals surface area contributed by atoms with Gasteiger partial charge in [-0.25, -0.2) is 4.79 Å². The van der Waals surface area contributed by atoms with Crippen LogP contribution in [0.5, 0.6) is 5.75 Å². The number of ether oxygens (including phenoxy) is 1. The number of hydrogen-bond donors (Lipinski definition) is 1. The summed E-state index contributed by atoms with van der Waals surface area (Å²) >= 11 is 0. The molecule has 0 bridgehead atoms. The van der Waals surface area contributed by atoms with Crippen LogP contribution in [0, 0.1) is 0 Å². The van der Waals surface area contributed by atoms with Gasteiger partial charge in [-0.05, 0) is 25.1 Å². The van der Waals surface area contributed by atoms with E-state index in [-0.39, 0.29) is 11.5 Å². The molecule has 3 rings (SSSR count). The van der Waals surface area contributed by atoms with Crippen molar-refractivity contribution >= 4 is 16.9 Å². The van der Waals surface area contributed by atoms with E-state index in [1.807, 2.05) is 13.0 Å². The van der Waals surface area contributed by atoms with E-state index in [0.717, 1.165) is 12.2 Å². The number of hydrogen-bond acceptors (Lipinski definition) is 5. The highest BCUT2D eigenvalue weighted by atomic mass is 16.5. The molecule has 0 saturated heterocycles. The lowest BCUT2D eigenvalue weighted by molar-refractivity contribution is 0.0951. The van der Waals surface area contributed by atoms with Crippen LogP contribution in [0.4, 0.5) is 0 Å². The summed E-state index contributed by atoms with van der Waals surface area (Å²) < 4.78 is 12.1. The molecule has 0 saturated carbocycles. The average molecular weight is 327 g/mol. The van der Waals surface area contributed by atoms with Gasteiger partial charge in [0.1, 0.15) is 11.3 Å². The van der Waals surface area contributed by atoms with Gasteiger partial charge in [0, 0.05) is 30.3 Å². The van der Waals surface area contributed by atoms with Gasteiger partial charge < -0.3 is 14.5 Å². The summed E-state index contributed by atoms with van der Waals surface area (Å²) in [5.41, 5.74) is 0.886. The number of amides is 1. The molecule has 2 aromatic heterocycles. The number of carbonyl (C=O) groups excluding carboxylic acids is 1. The van der Waals surface area contributed by atoms with Gasteiger partial charge >= 0.3 is 5.63 Å². The normalized spacial score (nSPS) is 10.8. The molecule has 1 N–H and O–H groups in total. The molecular formula is C17H17N3O4. The lowest BCUT2D eigenvalue weighted by atomic mass is 10.1. The number of carbonyl (C=O) groups is 1. The first kappa shape index (κ1) is 15.8. The Labute approximate surface area is 137 Å². The number of methoxy groups -OCH3 is 1. The first-order chi connectivity index (χ1) is 11.6. The minimum atomic E-state index is -0.584. The van der Waals surface area contributed by atoms with E-state index in [0.29, 0.717) is 23.3 Å². The summed E-state index contributed by atoms with van der Waals surface area (Å²) in [6.45, 7) is 3.02. The predicted octanol–water partition coefficient (Wildman–Crippen LogP) is 1.95. The Kier molecular flexibility index (Phi) is 4.33. The molecule has 0 spiro atoms. The fraction of sp³-hybridized carbons (Fsp3) is 0.235. The molecule has 0 fully saturated rings. The molecule has 0 radical (unpaired) electrons. The minimum absolute atomic E-state index is 0.270. The average Bonchev–Trinajstić information content (AvgIpc) is 3.05. The molecular weight excluding hydrogens is 310 g/mol. The first-order valence-electron chi connectivity index (χ1n) is 7.53. The Morgan fingerprint density at radius 2 is 2.17 bits per heavy atom. The Bertz CT molecular complexity index is 942. The summed E-state index contributed by atoms with van der Waals surface area (Å²) in [6.07, 6.45) is 1.68. The van der Waals surface area contributed by atoms with E-state index in [9.17, 15) is 9.59 Å². The van der Waals surface area contributed by atoms with Crippen LogP contribution in [0.15, 0.2) is 45.7 Å². The fourth-order valence-corrected chi connectivity index (χ4v) is 2.52. The monoisotopic (exact) mass is 327 g/mol. The van der Waals surface area contributed by atoms with Crippen LogP contribution in [0.2, 0.25) is 0 Å². The summed E-state index contributed by atoms with van der Waals surface area (Å²) in [4.78, 5) is 24.2. The minimum Gasteiger partial charge on any atom is -0.497 e. The molecule has 124 valence electrons. The van der Waals surface area contributed by atoms with Gasteiger partial charge in [-0.2, -0.15) is 5.10 Å². The van der Waals surface area contributed by atoms with Gasteiger partial charge in [0.2, 0.25) is 0 Å². The summed E-state index contributed by atoms with van der Waals surface area (Å²) in [6, 6.07) is 8.03. The highest BCUT2D eigenvalue weighted by Crippen LogP contribution is 2.22. The van der Waals surface area contributed by atoms with E-state index >= 15 is 0 Å². The van der Waals surface area contributed by atoms with Gasteiger partial charge in [-0.1, -0.05) is 0 Å². The lowest BCUT2D eigenvalue weighted by Crippen LogP contribution is -2.25. The van der Waals surface area contributed by atoms with Crippen LogP contribution in [-0.2, 0) is 13.1 Å². The number of rotatable bonds is 5. The van der Waals surface area contributed by atoms with Crippen molar-refractivity contribution in [3.8, 4) is 5.75 Å². The molecule has 0 unspecified atom stereocenters. The van der Waals surface area contributed by atoms with Crippen LogP contribution in [0.25, 0.3) is 11.0 Å². The summed E-state index contributed by atoms with van der Waals surface area (Å²) in [5.74, 6) is 0.206. The molecule has 2 heterocycles. The highest BCUT2D eigenvalue weighted by molar-refractivity contribution is 6.05. The number of nitrogens with zero attached hydrogens (tertiary/aromatic N) is 2. The number of fused-ring (bicyclic) bond motifs is 1. The molecule has 0 aliphatic carbocycles. The Hall–Kier alpha value is -3.09. The maximum atomic E-state index is 12.5. The summed E-state index contributed by atoms with van der Waals surface area (Å²) in [5, 5.41) is 7.52. The Morgan fingerprint density at radius 3 is 2.92 bits per heavy atom. The number of aryl methyl sites for hydroxylation is 1. The first-order valence-corrected chi connectivity index (χ1v) is 7.53. The fourth-order valence-electron chi connectivity index (χ4n) is 2.52. The molecule has 1 amide bonds. The molecule has 0 aliphatic heterocycles. The van der Waals surface area contributed by atoms with Gasteiger partial charge in [0.05, 0.1) is 24.9 Å². The van der Waals surface area contributed by atoms with Gasteiger partial charge in [-0.3, -0.25) is 9.48 Å². The van der Waals surface area contributed by atoms with Crippen LogP contribution in [0.1, 0.15) is 23.0 Å². The van der Waals surface area contributed by atoms with Crippen molar-refractivity contribution in [2.24, 2.45) is 0 Å². The third-order valence-corrected chi connectivity index (χ3v) is 3.73. The lowest BCUT2D eigenvalue weighted by Gasteiger charge is -2.09. The second-order valence-corrected chi connectivity index (χ2v) is 5.16. The molecule has 1 aromatic carbocycles. The quantitative estimate of drug-likeness (QED) is 0.724. The molecule has 7 nitrogen and oxygen atoms in total. The Balaban J connectivity index is 1.90. The zero-order valence-corrected chi connectivity index (χ0v) is 13.4. The third kappa shape index (κ3) is 3.01. The maximum absolute atomic E-state index is 12.5. The maximum Gasteiger partial charge on any atom is 0.337 e. The molecule has 0 atom stereocenters. The van der Waals surface area contributed by atoms with Gasteiger partial charge in [0.25, 0.3) is 5.91 Å². The van der Waals surface area contributed by atoms with Gasteiger partial charge in [0.15, 0.2) is 0 Å². The molecule has 0 aliphatic rings. The van der Waals surface area contributed by atoms with Crippen molar-refractivity contribution in [1.29, 1.82) is 0 Å². The topological polar surface area (TPSA) is 86.4 Å². The van der Waals surface area contributed by atoms with Crippen molar-refractivity contribution in [2.45, 2.75) is 20.0 Å². The number of benzene rings is 1. The van der Waals surface area contributed by atoms with Gasteiger partial charge in [-0.15, -0.1) is 0 Å². The van der Waals surface area contributed by atoms with Crippen LogP contribution in [-0.4, -0.2) is 22.8 Å². The standard InChI is InChI=1S/C17H17N3O4/c1-3-20-11(6-7-19-20)10-18-17(22)14-9-16(21)24-15-8-12(23-2)4-5-13(14)15/h4-9H,3,10H2,1-2H3,(H,18,22). The van der Waals surface area contributed by atoms with E-state index < -0.39 is 5.63 Å². The van der Waals surface area contributed by atoms with E-state index in [1.54, 1.807) is 29.1 Å². The smallest absolute Gasteiger partial charge is 0.337 e. The molecule has 3 aromatic rings. The summed E-state index contributed by atoms with van der Waals surface area (Å²) in [7, 11) is 1.52. The van der Waals surface area contributed by atoms with E-state index in [2.05, 4.69) is 10.4 Å². The SMILES string of the molecule is CCn1nccc1CNC(=O)c1cc(=O)oc2cc(OC)ccc12. The second kappa shape index (κ2) is 6.57. The van der Waals surface area contributed by atoms with Crippen LogP contribution < -0.4 is 15.7 Å². The Morgan fingerprint density at radius 1 is 1.33 bits per heavy atom. The zero-order valence-electron chi connectivity index (χ0n) is 13.4. The zero-order chi connectivity index (χ0) is 17.1. The largest absolute Gasteiger partial charge is 0.497 e. The second-order valence-electron chi connectivity index (χ2n) is 5.16. The van der Waals surface area contributed by atoms with E-state index in [1.165, 1.54) is 13.2 Å². The van der Waals surface area contributed by atoms with Crippen molar-refractivity contribution in [3.63, 3.8) is 0 Å². The highest BCUT2D eigenvalue weighted by Gasteiger charge is 2.14. The van der Waals surface area contributed by atoms with Crippen LogP contribution in [0.3, 0.4) is 0 Å². The van der Waals surface area contributed by atoms with Crippen molar-refractivity contribution < 1.29 is 13.9 Å². The molecule has 24 heavy (non-hydrogen) atoms.